The Bertz CT molecular complexity index is 475. The Balaban J connectivity index is 1.56. The number of ether oxygens (including phenoxy) is 1. The van der Waals surface area contributed by atoms with Crippen LogP contribution in [-0.4, -0.2) is 19.2 Å². The molecule has 19 heavy (non-hydrogen) atoms. The zero-order chi connectivity index (χ0) is 13.2. The predicted octanol–water partition coefficient (Wildman–Crippen LogP) is 3.01. The molecule has 2 amide bonds. The Morgan fingerprint density at radius 1 is 1.32 bits per heavy atom. The fraction of sp³-hybridized carbons (Fsp3) is 0.533. The summed E-state index contributed by atoms with van der Waals surface area (Å²) >= 11 is 0. The van der Waals surface area contributed by atoms with Gasteiger partial charge in [0.1, 0.15) is 5.75 Å². The molecule has 0 saturated heterocycles. The molecule has 2 fully saturated rings. The fourth-order valence-electron chi connectivity index (χ4n) is 3.46. The minimum atomic E-state index is -0.106. The van der Waals surface area contributed by atoms with Crippen molar-refractivity contribution in [2.45, 2.75) is 31.7 Å². The van der Waals surface area contributed by atoms with Gasteiger partial charge in [0.05, 0.1) is 7.11 Å². The van der Waals surface area contributed by atoms with Gasteiger partial charge in [0.15, 0.2) is 0 Å². The molecule has 2 aliphatic carbocycles. The van der Waals surface area contributed by atoms with Crippen LogP contribution in [0.1, 0.15) is 25.7 Å². The van der Waals surface area contributed by atoms with Gasteiger partial charge in [-0.15, -0.1) is 0 Å². The molecule has 4 nitrogen and oxygen atoms in total. The number of hydrogen-bond donors (Lipinski definition) is 2. The second-order valence-electron chi connectivity index (χ2n) is 5.61. The Labute approximate surface area is 113 Å². The average molecular weight is 260 g/mol. The van der Waals surface area contributed by atoms with E-state index in [0.29, 0.717) is 12.0 Å². The summed E-state index contributed by atoms with van der Waals surface area (Å²) in [7, 11) is 1.62. The van der Waals surface area contributed by atoms with Crippen LogP contribution in [0.4, 0.5) is 10.5 Å². The number of methoxy groups -OCH3 is 1. The molecule has 4 heteroatoms. The number of carbonyl (C=O) groups excluding carboxylic acids is 1. The monoisotopic (exact) mass is 260 g/mol. The molecule has 1 aromatic rings. The second kappa shape index (κ2) is 5.11. The summed E-state index contributed by atoms with van der Waals surface area (Å²) in [5.74, 6) is 2.28. The molecule has 2 aliphatic rings. The van der Waals surface area contributed by atoms with Gasteiger partial charge in [-0.25, -0.2) is 4.79 Å². The molecule has 0 radical (unpaired) electrons. The lowest BCUT2D eigenvalue weighted by Crippen LogP contribution is -2.40. The predicted molar refractivity (Wildman–Crippen MR) is 74.4 cm³/mol. The number of hydrogen-bond acceptors (Lipinski definition) is 2. The summed E-state index contributed by atoms with van der Waals surface area (Å²) in [5, 5.41) is 5.98. The third kappa shape index (κ3) is 2.67. The summed E-state index contributed by atoms with van der Waals surface area (Å²) in [5.41, 5.74) is 0.764. The molecule has 0 aliphatic heterocycles. The number of carbonyl (C=O) groups is 1. The first-order chi connectivity index (χ1) is 9.24. The third-order valence-electron chi connectivity index (χ3n) is 4.38. The molecule has 2 N–H and O–H groups in total. The van der Waals surface area contributed by atoms with Gasteiger partial charge in [-0.1, -0.05) is 12.5 Å². The van der Waals surface area contributed by atoms with Crippen molar-refractivity contribution < 1.29 is 9.53 Å². The van der Waals surface area contributed by atoms with Crippen molar-refractivity contribution in [3.63, 3.8) is 0 Å². The Morgan fingerprint density at radius 3 is 2.89 bits per heavy atom. The zero-order valence-corrected chi connectivity index (χ0v) is 11.2. The van der Waals surface area contributed by atoms with Gasteiger partial charge in [-0.05, 0) is 43.2 Å². The van der Waals surface area contributed by atoms with Crippen molar-refractivity contribution in [1.82, 2.24) is 5.32 Å². The smallest absolute Gasteiger partial charge is 0.319 e. The van der Waals surface area contributed by atoms with Crippen LogP contribution in [0.25, 0.3) is 0 Å². The molecular formula is C15H20N2O2. The van der Waals surface area contributed by atoms with Crippen LogP contribution in [0.15, 0.2) is 24.3 Å². The molecule has 0 heterocycles. The standard InChI is InChI=1S/C15H20N2O2/c1-19-13-4-2-3-12(9-13)16-15(18)17-14-8-10-5-6-11(14)7-10/h2-4,9-11,14H,5-8H2,1H3,(H2,16,17,18)/t10-,11-,14-/m0/s1. The minimum Gasteiger partial charge on any atom is -0.497 e. The largest absolute Gasteiger partial charge is 0.497 e. The Kier molecular flexibility index (Phi) is 3.32. The maximum Gasteiger partial charge on any atom is 0.319 e. The highest BCUT2D eigenvalue weighted by Gasteiger charge is 2.40. The van der Waals surface area contributed by atoms with Crippen LogP contribution < -0.4 is 15.4 Å². The molecule has 0 aromatic heterocycles. The number of anilines is 1. The maximum atomic E-state index is 12.0. The molecular weight excluding hydrogens is 240 g/mol. The number of benzene rings is 1. The van der Waals surface area contributed by atoms with Crippen molar-refractivity contribution in [3.05, 3.63) is 24.3 Å². The molecule has 3 rings (SSSR count). The normalized spacial score (nSPS) is 28.2. The fourth-order valence-corrected chi connectivity index (χ4v) is 3.46. The van der Waals surface area contributed by atoms with E-state index in [-0.39, 0.29) is 6.03 Å². The Hall–Kier alpha value is -1.71. The van der Waals surface area contributed by atoms with E-state index in [1.807, 2.05) is 24.3 Å². The van der Waals surface area contributed by atoms with E-state index in [0.717, 1.165) is 23.8 Å². The van der Waals surface area contributed by atoms with E-state index in [2.05, 4.69) is 10.6 Å². The summed E-state index contributed by atoms with van der Waals surface area (Å²) in [6.45, 7) is 0. The van der Waals surface area contributed by atoms with E-state index in [9.17, 15) is 4.79 Å². The lowest BCUT2D eigenvalue weighted by molar-refractivity contribution is 0.242. The van der Waals surface area contributed by atoms with Gasteiger partial charge in [0, 0.05) is 17.8 Å². The summed E-state index contributed by atoms with van der Waals surface area (Å²) in [6.07, 6.45) is 5.06. The lowest BCUT2D eigenvalue weighted by atomic mass is 9.95. The number of rotatable bonds is 3. The first-order valence-electron chi connectivity index (χ1n) is 6.96. The van der Waals surface area contributed by atoms with Gasteiger partial charge in [-0.3, -0.25) is 0 Å². The first kappa shape index (κ1) is 12.3. The number of fused-ring (bicyclic) bond motifs is 2. The van der Waals surface area contributed by atoms with Gasteiger partial charge in [0.2, 0.25) is 0 Å². The topological polar surface area (TPSA) is 50.4 Å². The van der Waals surface area contributed by atoms with E-state index < -0.39 is 0 Å². The summed E-state index contributed by atoms with van der Waals surface area (Å²) in [6, 6.07) is 7.67. The third-order valence-corrected chi connectivity index (χ3v) is 4.38. The van der Waals surface area contributed by atoms with Crippen LogP contribution >= 0.6 is 0 Å². The quantitative estimate of drug-likeness (QED) is 0.877. The number of urea groups is 1. The van der Waals surface area contributed by atoms with Crippen LogP contribution in [0.5, 0.6) is 5.75 Å². The van der Waals surface area contributed by atoms with Crippen molar-refractivity contribution in [1.29, 1.82) is 0 Å². The zero-order valence-electron chi connectivity index (χ0n) is 11.2. The summed E-state index contributed by atoms with van der Waals surface area (Å²) in [4.78, 5) is 12.0. The molecule has 0 unspecified atom stereocenters. The van der Waals surface area contributed by atoms with Crippen LogP contribution in [-0.2, 0) is 0 Å². The molecule has 3 atom stereocenters. The van der Waals surface area contributed by atoms with E-state index in [1.54, 1.807) is 7.11 Å². The van der Waals surface area contributed by atoms with Crippen LogP contribution in [0, 0.1) is 11.8 Å². The molecule has 2 bridgehead atoms. The van der Waals surface area contributed by atoms with Crippen molar-refractivity contribution in [2.24, 2.45) is 11.8 Å². The highest BCUT2D eigenvalue weighted by Crippen LogP contribution is 2.44. The minimum absolute atomic E-state index is 0.106. The molecule has 102 valence electrons. The van der Waals surface area contributed by atoms with Crippen molar-refractivity contribution in [3.8, 4) is 5.75 Å². The van der Waals surface area contributed by atoms with Gasteiger partial charge in [0.25, 0.3) is 0 Å². The maximum absolute atomic E-state index is 12.0. The van der Waals surface area contributed by atoms with Crippen molar-refractivity contribution in [2.75, 3.05) is 12.4 Å². The Morgan fingerprint density at radius 2 is 2.21 bits per heavy atom. The van der Waals surface area contributed by atoms with Gasteiger partial charge in [-0.2, -0.15) is 0 Å². The molecule has 0 spiro atoms. The van der Waals surface area contributed by atoms with Crippen LogP contribution in [0.2, 0.25) is 0 Å². The van der Waals surface area contributed by atoms with Gasteiger partial charge < -0.3 is 15.4 Å². The number of nitrogens with one attached hydrogen (secondary N) is 2. The van der Waals surface area contributed by atoms with E-state index in [4.69, 9.17) is 4.74 Å². The van der Waals surface area contributed by atoms with E-state index >= 15 is 0 Å². The lowest BCUT2D eigenvalue weighted by Gasteiger charge is -2.23. The van der Waals surface area contributed by atoms with Gasteiger partial charge >= 0.3 is 6.03 Å². The highest BCUT2D eigenvalue weighted by molar-refractivity contribution is 5.89. The highest BCUT2D eigenvalue weighted by atomic mass is 16.5. The first-order valence-corrected chi connectivity index (χ1v) is 6.96. The molecule has 2 saturated carbocycles. The second-order valence-corrected chi connectivity index (χ2v) is 5.61. The average Bonchev–Trinajstić information content (AvgIpc) is 3.01. The number of amides is 2. The SMILES string of the molecule is COc1cccc(NC(=O)N[C@H]2C[C@H]3CC[C@H]2C3)c1. The van der Waals surface area contributed by atoms with Crippen molar-refractivity contribution >= 4 is 11.7 Å². The summed E-state index contributed by atoms with van der Waals surface area (Å²) < 4.78 is 5.14. The molecule has 1 aromatic carbocycles. The van der Waals surface area contributed by atoms with Crippen LogP contribution in [0.3, 0.4) is 0 Å². The van der Waals surface area contributed by atoms with E-state index in [1.165, 1.54) is 19.3 Å².